The molecule has 0 radical (unpaired) electrons. The minimum absolute atomic E-state index is 0.0167. The Bertz CT molecular complexity index is 544. The molecule has 0 saturated heterocycles. The highest BCUT2D eigenvalue weighted by molar-refractivity contribution is 6.04. The van der Waals surface area contributed by atoms with Crippen LogP contribution in [0.3, 0.4) is 0 Å². The number of esters is 1. The lowest BCUT2D eigenvalue weighted by molar-refractivity contribution is -0.179. The predicted octanol–water partition coefficient (Wildman–Crippen LogP) is 1.11. The number of hydrogen-bond acceptors (Lipinski definition) is 6. The van der Waals surface area contributed by atoms with Crippen LogP contribution in [0.1, 0.15) is 24.2 Å². The van der Waals surface area contributed by atoms with E-state index in [1.165, 1.54) is 6.92 Å². The number of rotatable bonds is 4. The zero-order valence-corrected chi connectivity index (χ0v) is 10.5. The van der Waals surface area contributed by atoms with E-state index in [0.717, 1.165) is 25.1 Å². The summed E-state index contributed by atoms with van der Waals surface area (Å²) < 4.78 is 4.59. The lowest BCUT2D eigenvalue weighted by Crippen LogP contribution is -2.40. The zero-order chi connectivity index (χ0) is 14.8. The highest BCUT2D eigenvalue weighted by atomic mass is 16.7. The second kappa shape index (κ2) is 5.11. The molecule has 0 aromatic heterocycles. The lowest BCUT2D eigenvalue weighted by Gasteiger charge is -2.22. The predicted molar refractivity (Wildman–Crippen MR) is 65.6 cm³/mol. The maximum atomic E-state index is 12.0. The van der Waals surface area contributed by atoms with Crippen molar-refractivity contribution in [2.24, 2.45) is 0 Å². The molecule has 0 spiro atoms. The van der Waals surface area contributed by atoms with Gasteiger partial charge in [0.25, 0.3) is 5.79 Å². The Balaban J connectivity index is 3.04. The summed E-state index contributed by atoms with van der Waals surface area (Å²) in [6.45, 7) is 5.66. The van der Waals surface area contributed by atoms with Crippen molar-refractivity contribution >= 4 is 11.8 Å². The molecule has 0 aliphatic rings. The minimum Gasteiger partial charge on any atom is -0.508 e. The fraction of sp³-hybridized carbons (Fsp3) is 0.231. The summed E-state index contributed by atoms with van der Waals surface area (Å²) in [6.07, 6.45) is 0. The summed E-state index contributed by atoms with van der Waals surface area (Å²) >= 11 is 0. The molecule has 0 aliphatic carbocycles. The number of carbonyl (C=O) groups is 2. The van der Waals surface area contributed by atoms with Gasteiger partial charge in [0.2, 0.25) is 5.78 Å². The van der Waals surface area contributed by atoms with Crippen molar-refractivity contribution < 1.29 is 29.6 Å². The van der Waals surface area contributed by atoms with Gasteiger partial charge in [-0.3, -0.25) is 4.79 Å². The van der Waals surface area contributed by atoms with Crippen LogP contribution in [-0.2, 0) is 9.53 Å². The molecule has 3 N–H and O–H groups in total. The van der Waals surface area contributed by atoms with Crippen LogP contribution in [0.15, 0.2) is 30.4 Å². The molecule has 1 atom stereocenters. The fourth-order valence-corrected chi connectivity index (χ4v) is 1.28. The summed E-state index contributed by atoms with van der Waals surface area (Å²) in [5.74, 6) is -5.16. The van der Waals surface area contributed by atoms with Gasteiger partial charge in [0.1, 0.15) is 11.5 Å². The van der Waals surface area contributed by atoms with Gasteiger partial charge in [-0.25, -0.2) is 4.79 Å². The smallest absolute Gasteiger partial charge is 0.335 e. The van der Waals surface area contributed by atoms with E-state index in [2.05, 4.69) is 11.3 Å². The number of phenols is 2. The number of ether oxygens (including phenoxy) is 1. The average molecular weight is 266 g/mol. The summed E-state index contributed by atoms with van der Waals surface area (Å²) in [4.78, 5) is 23.3. The highest BCUT2D eigenvalue weighted by Gasteiger charge is 2.37. The SMILES string of the molecule is C=C(C)C(=O)OC(C)(O)C(=O)c1ccc(O)cc1O. The summed E-state index contributed by atoms with van der Waals surface area (Å²) in [5.41, 5.74) is -0.264. The first-order valence-electron chi connectivity index (χ1n) is 5.33. The van der Waals surface area contributed by atoms with Gasteiger partial charge in [-0.2, -0.15) is 0 Å². The van der Waals surface area contributed by atoms with Crippen molar-refractivity contribution in [3.05, 3.63) is 35.9 Å². The Labute approximate surface area is 109 Å². The monoisotopic (exact) mass is 266 g/mol. The Morgan fingerprint density at radius 1 is 1.32 bits per heavy atom. The lowest BCUT2D eigenvalue weighted by atomic mass is 10.0. The third-order valence-corrected chi connectivity index (χ3v) is 2.29. The fourth-order valence-electron chi connectivity index (χ4n) is 1.28. The molecule has 1 rings (SSSR count). The summed E-state index contributed by atoms with van der Waals surface area (Å²) in [6, 6.07) is 3.20. The second-order valence-corrected chi connectivity index (χ2v) is 4.18. The van der Waals surface area contributed by atoms with E-state index in [1.54, 1.807) is 0 Å². The van der Waals surface area contributed by atoms with Crippen LogP contribution < -0.4 is 0 Å². The molecule has 0 bridgehead atoms. The number of phenolic OH excluding ortho intramolecular Hbond substituents is 2. The molecule has 6 heteroatoms. The third-order valence-electron chi connectivity index (χ3n) is 2.29. The molecular weight excluding hydrogens is 252 g/mol. The molecule has 1 aromatic carbocycles. The van der Waals surface area contributed by atoms with E-state index in [-0.39, 0.29) is 16.9 Å². The van der Waals surface area contributed by atoms with E-state index in [1.807, 2.05) is 0 Å². The number of Topliss-reactive ketones (excluding diaryl/α,β-unsaturated/α-hetero) is 1. The quantitative estimate of drug-likeness (QED) is 0.326. The van der Waals surface area contributed by atoms with Gasteiger partial charge >= 0.3 is 5.97 Å². The first-order chi connectivity index (χ1) is 8.65. The molecule has 0 fully saturated rings. The maximum Gasteiger partial charge on any atom is 0.335 e. The minimum atomic E-state index is -2.44. The standard InChI is InChI=1S/C13H14O6/c1-7(2)12(17)19-13(3,18)11(16)9-5-4-8(14)6-10(9)15/h4-6,14-15,18H,1H2,2-3H3. The van der Waals surface area contributed by atoms with E-state index < -0.39 is 23.3 Å². The zero-order valence-electron chi connectivity index (χ0n) is 10.5. The van der Waals surface area contributed by atoms with Crippen molar-refractivity contribution in [1.29, 1.82) is 0 Å². The van der Waals surface area contributed by atoms with Crippen molar-refractivity contribution in [2.45, 2.75) is 19.6 Å². The maximum absolute atomic E-state index is 12.0. The van der Waals surface area contributed by atoms with Crippen molar-refractivity contribution in [2.75, 3.05) is 0 Å². The second-order valence-electron chi connectivity index (χ2n) is 4.18. The van der Waals surface area contributed by atoms with Gasteiger partial charge in [-0.15, -0.1) is 0 Å². The van der Waals surface area contributed by atoms with Crippen LogP contribution in [0.4, 0.5) is 0 Å². The molecular formula is C13H14O6. The Hall–Kier alpha value is -2.34. The van der Waals surface area contributed by atoms with Gasteiger partial charge in [0.05, 0.1) is 5.56 Å². The van der Waals surface area contributed by atoms with Crippen molar-refractivity contribution in [1.82, 2.24) is 0 Å². The number of hydrogen-bond donors (Lipinski definition) is 3. The van der Waals surface area contributed by atoms with Crippen LogP contribution in [0.2, 0.25) is 0 Å². The van der Waals surface area contributed by atoms with Crippen LogP contribution in [0.25, 0.3) is 0 Å². The third kappa shape index (κ3) is 3.32. The van der Waals surface area contributed by atoms with Gasteiger partial charge in [0.15, 0.2) is 0 Å². The number of aliphatic hydroxyl groups is 1. The molecule has 0 aliphatic heterocycles. The number of ketones is 1. The first-order valence-corrected chi connectivity index (χ1v) is 5.33. The highest BCUT2D eigenvalue weighted by Crippen LogP contribution is 2.27. The van der Waals surface area contributed by atoms with Crippen molar-refractivity contribution in [3.63, 3.8) is 0 Å². The van der Waals surface area contributed by atoms with Crippen molar-refractivity contribution in [3.8, 4) is 11.5 Å². The first kappa shape index (κ1) is 14.7. The summed E-state index contributed by atoms with van der Waals surface area (Å²) in [5, 5.41) is 28.5. The molecule has 102 valence electrons. The van der Waals surface area contributed by atoms with E-state index >= 15 is 0 Å². The van der Waals surface area contributed by atoms with Crippen LogP contribution in [-0.4, -0.2) is 32.9 Å². The largest absolute Gasteiger partial charge is 0.508 e. The number of benzene rings is 1. The van der Waals surface area contributed by atoms with Gasteiger partial charge in [-0.1, -0.05) is 6.58 Å². The Morgan fingerprint density at radius 3 is 2.37 bits per heavy atom. The molecule has 6 nitrogen and oxygen atoms in total. The van der Waals surface area contributed by atoms with Crippen LogP contribution in [0, 0.1) is 0 Å². The Morgan fingerprint density at radius 2 is 1.89 bits per heavy atom. The molecule has 19 heavy (non-hydrogen) atoms. The number of carbonyl (C=O) groups excluding carboxylic acids is 2. The topological polar surface area (TPSA) is 104 Å². The molecule has 0 heterocycles. The van der Waals surface area contributed by atoms with E-state index in [9.17, 15) is 19.8 Å². The van der Waals surface area contributed by atoms with Gasteiger partial charge in [-0.05, 0) is 19.1 Å². The molecule has 0 amide bonds. The molecule has 1 unspecified atom stereocenters. The van der Waals surface area contributed by atoms with Crippen LogP contribution in [0.5, 0.6) is 11.5 Å². The Kier molecular flexibility index (Phi) is 3.96. The van der Waals surface area contributed by atoms with Gasteiger partial charge in [0, 0.05) is 18.6 Å². The average Bonchev–Trinajstić information content (AvgIpc) is 2.27. The molecule has 1 aromatic rings. The van der Waals surface area contributed by atoms with Crippen LogP contribution >= 0.6 is 0 Å². The summed E-state index contributed by atoms with van der Waals surface area (Å²) in [7, 11) is 0. The van der Waals surface area contributed by atoms with E-state index in [0.29, 0.717) is 0 Å². The van der Waals surface area contributed by atoms with E-state index in [4.69, 9.17) is 5.11 Å². The normalized spacial score (nSPS) is 13.4. The van der Waals surface area contributed by atoms with Gasteiger partial charge < -0.3 is 20.1 Å². The molecule has 0 saturated carbocycles. The number of aromatic hydroxyl groups is 2.